The Balaban J connectivity index is 1.27. The fourth-order valence-corrected chi connectivity index (χ4v) is 4.83. The van der Waals surface area contributed by atoms with Crippen molar-refractivity contribution in [2.75, 3.05) is 11.9 Å². The fourth-order valence-electron chi connectivity index (χ4n) is 4.51. The lowest BCUT2D eigenvalue weighted by molar-refractivity contribution is -0.116. The first kappa shape index (κ1) is 20.1. The lowest BCUT2D eigenvalue weighted by atomic mass is 9.96. The second-order valence-corrected chi connectivity index (χ2v) is 8.94. The van der Waals surface area contributed by atoms with Gasteiger partial charge in [0.05, 0.1) is 23.1 Å². The van der Waals surface area contributed by atoms with Crippen molar-refractivity contribution >= 4 is 34.4 Å². The molecular formula is C25H21ClN4O3. The molecule has 1 atom stereocenters. The molecule has 0 radical (unpaired) electrons. The van der Waals surface area contributed by atoms with Crippen molar-refractivity contribution < 1.29 is 14.3 Å². The van der Waals surface area contributed by atoms with Crippen LogP contribution < -0.4 is 14.8 Å². The summed E-state index contributed by atoms with van der Waals surface area (Å²) in [5, 5.41) is 3.46. The summed E-state index contributed by atoms with van der Waals surface area (Å²) in [6.07, 6.45) is 3.45. The molecule has 0 saturated heterocycles. The number of aromatic nitrogens is 3. The van der Waals surface area contributed by atoms with Gasteiger partial charge in [0.25, 0.3) is 0 Å². The summed E-state index contributed by atoms with van der Waals surface area (Å²) < 4.78 is 12.3. The molecule has 2 aromatic heterocycles. The van der Waals surface area contributed by atoms with Gasteiger partial charge in [-0.3, -0.25) is 4.79 Å². The number of rotatable bonds is 3. The molecule has 2 aromatic carbocycles. The first-order valence-electron chi connectivity index (χ1n) is 10.9. The van der Waals surface area contributed by atoms with E-state index in [1.165, 1.54) is 0 Å². The van der Waals surface area contributed by atoms with Gasteiger partial charge in [0.2, 0.25) is 5.91 Å². The highest BCUT2D eigenvalue weighted by Crippen LogP contribution is 2.38. The van der Waals surface area contributed by atoms with Crippen molar-refractivity contribution in [1.29, 1.82) is 0 Å². The zero-order chi connectivity index (χ0) is 22.5. The molecule has 166 valence electrons. The molecule has 2 aliphatic rings. The molecule has 0 fully saturated rings. The molecule has 6 rings (SSSR count). The molecule has 2 aliphatic heterocycles. The number of carbonyl (C=O) groups is 1. The zero-order valence-corrected chi connectivity index (χ0v) is 18.7. The van der Waals surface area contributed by atoms with Gasteiger partial charge in [-0.1, -0.05) is 11.6 Å². The number of nitrogens with one attached hydrogen (secondary N) is 2. The third-order valence-corrected chi connectivity index (χ3v) is 6.42. The van der Waals surface area contributed by atoms with Gasteiger partial charge in [-0.2, -0.15) is 0 Å². The van der Waals surface area contributed by atoms with Crippen LogP contribution in [0.1, 0.15) is 34.9 Å². The van der Waals surface area contributed by atoms with E-state index in [2.05, 4.69) is 21.4 Å². The van der Waals surface area contributed by atoms with Gasteiger partial charge in [-0.25, -0.2) is 9.97 Å². The number of H-pyrrole nitrogens is 1. The molecule has 1 amide bonds. The Hall–Kier alpha value is -3.58. The number of imidazole rings is 1. The maximum atomic E-state index is 11.7. The zero-order valence-electron chi connectivity index (χ0n) is 17.9. The summed E-state index contributed by atoms with van der Waals surface area (Å²) in [6, 6.07) is 11.7. The van der Waals surface area contributed by atoms with Crippen LogP contribution in [0.4, 0.5) is 5.82 Å². The Morgan fingerprint density at radius 1 is 1.18 bits per heavy atom. The van der Waals surface area contributed by atoms with Crippen molar-refractivity contribution in [3.05, 3.63) is 70.1 Å². The standard InChI is InChI=1S/C25H21ClN4O3/c1-13-8-18(26)23-19(9-13)28-24(30-23)15-10-14-11-16(2-4-20(14)32-12-15)33-21-6-7-27-25-17(21)3-5-22(31)29-25/h2,4,6-9,11,15H,3,5,10,12H2,1H3,(H,28,30)(H,27,29,31). The number of aromatic amines is 1. The molecule has 0 saturated carbocycles. The molecule has 2 N–H and O–H groups in total. The number of nitrogens with zero attached hydrogens (tertiary/aromatic N) is 2. The number of fused-ring (bicyclic) bond motifs is 3. The van der Waals surface area contributed by atoms with Crippen molar-refractivity contribution in [1.82, 2.24) is 15.0 Å². The molecule has 0 aliphatic carbocycles. The van der Waals surface area contributed by atoms with Crippen LogP contribution >= 0.6 is 11.6 Å². The van der Waals surface area contributed by atoms with Crippen LogP contribution in [0.2, 0.25) is 5.02 Å². The summed E-state index contributed by atoms with van der Waals surface area (Å²) >= 11 is 6.39. The molecule has 1 unspecified atom stereocenters. The third-order valence-electron chi connectivity index (χ3n) is 6.13. The first-order valence-corrected chi connectivity index (χ1v) is 11.3. The summed E-state index contributed by atoms with van der Waals surface area (Å²) in [5.41, 5.74) is 4.79. The fraction of sp³-hybridized carbons (Fsp3) is 0.240. The number of aryl methyl sites for hydroxylation is 1. The number of ether oxygens (including phenoxy) is 2. The van der Waals surface area contributed by atoms with E-state index in [4.69, 9.17) is 26.1 Å². The number of carbonyl (C=O) groups excluding carboxylic acids is 1. The number of benzene rings is 2. The molecular weight excluding hydrogens is 440 g/mol. The minimum Gasteiger partial charge on any atom is -0.493 e. The molecule has 8 heteroatoms. The average molecular weight is 461 g/mol. The predicted molar refractivity (Wildman–Crippen MR) is 125 cm³/mol. The van der Waals surface area contributed by atoms with E-state index in [0.717, 1.165) is 45.7 Å². The maximum Gasteiger partial charge on any atom is 0.225 e. The Labute approximate surface area is 195 Å². The van der Waals surface area contributed by atoms with Gasteiger partial charge in [-0.15, -0.1) is 0 Å². The van der Waals surface area contributed by atoms with Crippen LogP contribution in [0.3, 0.4) is 0 Å². The van der Waals surface area contributed by atoms with E-state index >= 15 is 0 Å². The number of hydrogen-bond donors (Lipinski definition) is 2. The second kappa shape index (κ2) is 7.78. The average Bonchev–Trinajstić information content (AvgIpc) is 3.23. The highest BCUT2D eigenvalue weighted by atomic mass is 35.5. The third kappa shape index (κ3) is 3.68. The van der Waals surface area contributed by atoms with E-state index in [-0.39, 0.29) is 11.8 Å². The number of anilines is 1. The largest absolute Gasteiger partial charge is 0.493 e. The highest BCUT2D eigenvalue weighted by molar-refractivity contribution is 6.35. The van der Waals surface area contributed by atoms with E-state index in [9.17, 15) is 4.79 Å². The van der Waals surface area contributed by atoms with E-state index in [1.807, 2.05) is 37.3 Å². The van der Waals surface area contributed by atoms with Crippen LogP contribution in [-0.4, -0.2) is 27.5 Å². The van der Waals surface area contributed by atoms with Gasteiger partial charge in [-0.05, 0) is 67.3 Å². The van der Waals surface area contributed by atoms with Crippen molar-refractivity contribution in [2.45, 2.75) is 32.1 Å². The van der Waals surface area contributed by atoms with E-state index in [0.29, 0.717) is 41.8 Å². The molecule has 0 bridgehead atoms. The van der Waals surface area contributed by atoms with Crippen LogP contribution in [0, 0.1) is 6.92 Å². The SMILES string of the molecule is Cc1cc(Cl)c2nc(C3COc4ccc(Oc5ccnc6c5CCC(=O)N6)cc4C3)[nH]c2c1. The van der Waals surface area contributed by atoms with Gasteiger partial charge in [0, 0.05) is 18.2 Å². The topological polar surface area (TPSA) is 89.1 Å². The molecule has 0 spiro atoms. The summed E-state index contributed by atoms with van der Waals surface area (Å²) in [4.78, 5) is 24.1. The maximum absolute atomic E-state index is 11.7. The monoisotopic (exact) mass is 460 g/mol. The molecule has 4 heterocycles. The lowest BCUT2D eigenvalue weighted by Crippen LogP contribution is -2.20. The molecule has 33 heavy (non-hydrogen) atoms. The van der Waals surface area contributed by atoms with Crippen LogP contribution in [-0.2, 0) is 17.6 Å². The van der Waals surface area contributed by atoms with Gasteiger partial charge in [0.1, 0.15) is 34.4 Å². The Bertz CT molecular complexity index is 1410. The highest BCUT2D eigenvalue weighted by Gasteiger charge is 2.26. The number of amides is 1. The number of hydrogen-bond acceptors (Lipinski definition) is 5. The van der Waals surface area contributed by atoms with Gasteiger partial charge < -0.3 is 19.8 Å². The van der Waals surface area contributed by atoms with Crippen molar-refractivity contribution in [3.8, 4) is 17.2 Å². The summed E-state index contributed by atoms with van der Waals surface area (Å²) in [5.74, 6) is 3.78. The minimum atomic E-state index is -0.0221. The second-order valence-electron chi connectivity index (χ2n) is 8.53. The van der Waals surface area contributed by atoms with Crippen molar-refractivity contribution in [3.63, 3.8) is 0 Å². The van der Waals surface area contributed by atoms with Crippen LogP contribution in [0.15, 0.2) is 42.6 Å². The predicted octanol–water partition coefficient (Wildman–Crippen LogP) is 5.32. The summed E-state index contributed by atoms with van der Waals surface area (Å²) in [7, 11) is 0. The molecule has 7 nitrogen and oxygen atoms in total. The molecule has 4 aromatic rings. The van der Waals surface area contributed by atoms with Crippen LogP contribution in [0.25, 0.3) is 11.0 Å². The number of pyridine rings is 1. The smallest absolute Gasteiger partial charge is 0.225 e. The Morgan fingerprint density at radius 3 is 3.00 bits per heavy atom. The lowest BCUT2D eigenvalue weighted by Gasteiger charge is -2.25. The Morgan fingerprint density at radius 2 is 2.09 bits per heavy atom. The van der Waals surface area contributed by atoms with E-state index < -0.39 is 0 Å². The van der Waals surface area contributed by atoms with Gasteiger partial charge >= 0.3 is 0 Å². The minimum absolute atomic E-state index is 0.0221. The van der Waals surface area contributed by atoms with E-state index in [1.54, 1.807) is 6.20 Å². The first-order chi connectivity index (χ1) is 16.0. The normalized spacial score (nSPS) is 17.2. The van der Waals surface area contributed by atoms with Crippen molar-refractivity contribution in [2.24, 2.45) is 0 Å². The summed E-state index contributed by atoms with van der Waals surface area (Å²) in [6.45, 7) is 2.56. The quantitative estimate of drug-likeness (QED) is 0.432. The number of halogens is 1. The van der Waals surface area contributed by atoms with Crippen LogP contribution in [0.5, 0.6) is 17.2 Å². The Kier molecular flexibility index (Phi) is 4.73. The van der Waals surface area contributed by atoms with Gasteiger partial charge in [0.15, 0.2) is 0 Å².